The Labute approximate surface area is 112 Å². The zero-order valence-electron chi connectivity index (χ0n) is 11.1. The zero-order chi connectivity index (χ0) is 14.0. The summed E-state index contributed by atoms with van der Waals surface area (Å²) < 4.78 is 0. The Hall–Kier alpha value is -1.88. The fourth-order valence-electron chi connectivity index (χ4n) is 2.49. The van der Waals surface area contributed by atoms with E-state index in [4.69, 9.17) is 0 Å². The molecular formula is C14H18N2O3. The zero-order valence-corrected chi connectivity index (χ0v) is 11.1. The molecule has 0 bridgehead atoms. The SMILES string of the molecule is CNCC(C)C(=O)N1c2ccccc2CC1C(=O)O. The molecule has 0 saturated carbocycles. The molecule has 1 heterocycles. The Morgan fingerprint density at radius 1 is 1.47 bits per heavy atom. The van der Waals surface area contributed by atoms with E-state index in [-0.39, 0.29) is 11.8 Å². The van der Waals surface area contributed by atoms with Gasteiger partial charge in [0.05, 0.1) is 0 Å². The number of hydrogen-bond donors (Lipinski definition) is 2. The molecular weight excluding hydrogens is 244 g/mol. The number of carbonyl (C=O) groups excluding carboxylic acids is 1. The molecule has 2 N–H and O–H groups in total. The predicted molar refractivity (Wildman–Crippen MR) is 72.1 cm³/mol. The van der Waals surface area contributed by atoms with Crippen LogP contribution in [0.25, 0.3) is 0 Å². The van der Waals surface area contributed by atoms with Gasteiger partial charge in [-0.1, -0.05) is 25.1 Å². The van der Waals surface area contributed by atoms with Crippen LogP contribution >= 0.6 is 0 Å². The van der Waals surface area contributed by atoms with Gasteiger partial charge in [0.1, 0.15) is 6.04 Å². The third-order valence-corrected chi connectivity index (χ3v) is 3.43. The first-order valence-electron chi connectivity index (χ1n) is 6.34. The van der Waals surface area contributed by atoms with Crippen molar-refractivity contribution >= 4 is 17.6 Å². The maximum Gasteiger partial charge on any atom is 0.327 e. The number of carboxylic acid groups (broad SMARTS) is 1. The van der Waals surface area contributed by atoms with Crippen LogP contribution in [0.2, 0.25) is 0 Å². The first kappa shape index (κ1) is 13.5. The van der Waals surface area contributed by atoms with Crippen molar-refractivity contribution in [2.75, 3.05) is 18.5 Å². The van der Waals surface area contributed by atoms with Crippen molar-refractivity contribution in [2.45, 2.75) is 19.4 Å². The lowest BCUT2D eigenvalue weighted by atomic mass is 10.1. The molecule has 0 aliphatic carbocycles. The highest BCUT2D eigenvalue weighted by Crippen LogP contribution is 2.33. The Bertz CT molecular complexity index is 501. The molecule has 1 aliphatic heterocycles. The Morgan fingerprint density at radius 3 is 2.79 bits per heavy atom. The van der Waals surface area contributed by atoms with Gasteiger partial charge >= 0.3 is 5.97 Å². The third-order valence-electron chi connectivity index (χ3n) is 3.43. The van der Waals surface area contributed by atoms with Crippen molar-refractivity contribution in [1.29, 1.82) is 0 Å². The van der Waals surface area contributed by atoms with Crippen molar-refractivity contribution in [3.8, 4) is 0 Å². The number of anilines is 1. The molecule has 0 spiro atoms. The second-order valence-electron chi connectivity index (χ2n) is 4.85. The highest BCUT2D eigenvalue weighted by Gasteiger charge is 2.39. The number of rotatable bonds is 4. The summed E-state index contributed by atoms with van der Waals surface area (Å²) in [6.45, 7) is 2.34. The van der Waals surface area contributed by atoms with Crippen LogP contribution < -0.4 is 10.2 Å². The largest absolute Gasteiger partial charge is 0.480 e. The van der Waals surface area contributed by atoms with Crippen LogP contribution in [0.4, 0.5) is 5.69 Å². The number of aliphatic carboxylic acids is 1. The predicted octanol–water partition coefficient (Wildman–Crippen LogP) is 0.884. The Morgan fingerprint density at radius 2 is 2.16 bits per heavy atom. The summed E-state index contributed by atoms with van der Waals surface area (Å²) in [5.41, 5.74) is 1.64. The number of nitrogens with zero attached hydrogens (tertiary/aromatic N) is 1. The van der Waals surface area contributed by atoms with Crippen LogP contribution in [-0.4, -0.2) is 36.6 Å². The van der Waals surface area contributed by atoms with Gasteiger partial charge in [-0.05, 0) is 18.7 Å². The molecule has 0 radical (unpaired) electrons. The van der Waals surface area contributed by atoms with Crippen molar-refractivity contribution in [1.82, 2.24) is 5.32 Å². The number of carbonyl (C=O) groups is 2. The molecule has 5 heteroatoms. The van der Waals surface area contributed by atoms with Gasteiger partial charge in [-0.15, -0.1) is 0 Å². The monoisotopic (exact) mass is 262 g/mol. The Balaban J connectivity index is 2.34. The summed E-state index contributed by atoms with van der Waals surface area (Å²) in [4.78, 5) is 25.2. The van der Waals surface area contributed by atoms with Crippen LogP contribution in [-0.2, 0) is 16.0 Å². The molecule has 0 saturated heterocycles. The summed E-state index contributed by atoms with van der Waals surface area (Å²) in [6, 6.07) is 6.59. The van der Waals surface area contributed by atoms with E-state index >= 15 is 0 Å². The van der Waals surface area contributed by atoms with E-state index < -0.39 is 12.0 Å². The van der Waals surface area contributed by atoms with E-state index in [1.165, 1.54) is 4.90 Å². The fraction of sp³-hybridized carbons (Fsp3) is 0.429. The maximum atomic E-state index is 12.4. The fourth-order valence-corrected chi connectivity index (χ4v) is 2.49. The van der Waals surface area contributed by atoms with Crippen molar-refractivity contribution < 1.29 is 14.7 Å². The molecule has 102 valence electrons. The van der Waals surface area contributed by atoms with E-state index in [0.717, 1.165) is 11.3 Å². The molecule has 2 unspecified atom stereocenters. The summed E-state index contributed by atoms with van der Waals surface area (Å²) in [7, 11) is 1.77. The lowest BCUT2D eigenvalue weighted by Gasteiger charge is -2.25. The van der Waals surface area contributed by atoms with Gasteiger partial charge in [0.15, 0.2) is 0 Å². The first-order valence-corrected chi connectivity index (χ1v) is 6.34. The lowest BCUT2D eigenvalue weighted by molar-refractivity contribution is -0.140. The van der Waals surface area contributed by atoms with E-state index in [2.05, 4.69) is 5.32 Å². The molecule has 1 aliphatic rings. The quantitative estimate of drug-likeness (QED) is 0.845. The normalized spacial score (nSPS) is 19.1. The molecule has 1 aromatic carbocycles. The average Bonchev–Trinajstić information content (AvgIpc) is 2.77. The molecule has 19 heavy (non-hydrogen) atoms. The van der Waals surface area contributed by atoms with Crippen LogP contribution in [0.1, 0.15) is 12.5 Å². The number of benzene rings is 1. The molecule has 1 aromatic rings. The lowest BCUT2D eigenvalue weighted by Crippen LogP contribution is -2.46. The van der Waals surface area contributed by atoms with Gasteiger partial charge in [-0.2, -0.15) is 0 Å². The summed E-state index contributed by atoms with van der Waals surface area (Å²) in [6.07, 6.45) is 0.378. The van der Waals surface area contributed by atoms with E-state index in [1.54, 1.807) is 14.0 Å². The summed E-state index contributed by atoms with van der Waals surface area (Å²) >= 11 is 0. The van der Waals surface area contributed by atoms with Gasteiger partial charge in [-0.3, -0.25) is 9.69 Å². The Kier molecular flexibility index (Phi) is 3.85. The van der Waals surface area contributed by atoms with Crippen LogP contribution in [0.3, 0.4) is 0 Å². The molecule has 0 aromatic heterocycles. The van der Waals surface area contributed by atoms with Crippen LogP contribution in [0, 0.1) is 5.92 Å². The van der Waals surface area contributed by atoms with Gasteiger partial charge in [0.25, 0.3) is 0 Å². The molecule has 2 rings (SSSR count). The van der Waals surface area contributed by atoms with E-state index in [9.17, 15) is 14.7 Å². The smallest absolute Gasteiger partial charge is 0.327 e. The molecule has 2 atom stereocenters. The van der Waals surface area contributed by atoms with Crippen molar-refractivity contribution in [3.63, 3.8) is 0 Å². The number of para-hydroxylation sites is 1. The number of fused-ring (bicyclic) bond motifs is 1. The van der Waals surface area contributed by atoms with Crippen LogP contribution in [0.15, 0.2) is 24.3 Å². The molecule has 5 nitrogen and oxygen atoms in total. The molecule has 0 fully saturated rings. The van der Waals surface area contributed by atoms with Gasteiger partial charge in [-0.25, -0.2) is 4.79 Å². The molecule has 1 amide bonds. The standard InChI is InChI=1S/C14H18N2O3/c1-9(8-15-2)13(17)16-11-6-4-3-5-10(11)7-12(16)14(18)19/h3-6,9,12,15H,7-8H2,1-2H3,(H,18,19). The number of nitrogens with one attached hydrogen (secondary N) is 1. The van der Waals surface area contributed by atoms with Crippen molar-refractivity contribution in [2.24, 2.45) is 5.92 Å². The third kappa shape index (κ3) is 2.46. The maximum absolute atomic E-state index is 12.4. The van der Waals surface area contributed by atoms with E-state index in [1.807, 2.05) is 24.3 Å². The van der Waals surface area contributed by atoms with Crippen molar-refractivity contribution in [3.05, 3.63) is 29.8 Å². The van der Waals surface area contributed by atoms with Crippen LogP contribution in [0.5, 0.6) is 0 Å². The number of amides is 1. The number of hydrogen-bond acceptors (Lipinski definition) is 3. The minimum absolute atomic E-state index is 0.147. The summed E-state index contributed by atoms with van der Waals surface area (Å²) in [5.74, 6) is -1.36. The topological polar surface area (TPSA) is 69.6 Å². The highest BCUT2D eigenvalue weighted by molar-refractivity contribution is 6.02. The highest BCUT2D eigenvalue weighted by atomic mass is 16.4. The summed E-state index contributed by atoms with van der Waals surface area (Å²) in [5, 5.41) is 12.3. The average molecular weight is 262 g/mol. The van der Waals surface area contributed by atoms with E-state index in [0.29, 0.717) is 13.0 Å². The first-order chi connectivity index (χ1) is 9.06. The number of carboxylic acids is 1. The minimum Gasteiger partial charge on any atom is -0.480 e. The van der Waals surface area contributed by atoms with Gasteiger partial charge in [0, 0.05) is 24.6 Å². The second kappa shape index (κ2) is 5.40. The van der Waals surface area contributed by atoms with Gasteiger partial charge in [0.2, 0.25) is 5.91 Å². The van der Waals surface area contributed by atoms with Gasteiger partial charge < -0.3 is 10.4 Å². The minimum atomic E-state index is -0.957. The second-order valence-corrected chi connectivity index (χ2v) is 4.85.